The Bertz CT molecular complexity index is 579. The molecule has 104 valence electrons. The van der Waals surface area contributed by atoms with Crippen molar-refractivity contribution in [1.29, 1.82) is 0 Å². The van der Waals surface area contributed by atoms with Gasteiger partial charge < -0.3 is 5.32 Å². The van der Waals surface area contributed by atoms with Gasteiger partial charge in [0.2, 0.25) is 10.0 Å². The van der Waals surface area contributed by atoms with Crippen molar-refractivity contribution in [2.75, 3.05) is 25.5 Å². The fourth-order valence-corrected chi connectivity index (χ4v) is 3.85. The Kier molecular flexibility index (Phi) is 3.27. The third-order valence-corrected chi connectivity index (χ3v) is 5.75. The number of anilines is 1. The minimum absolute atomic E-state index is 0.429. The Hall–Kier alpha value is -1.07. The zero-order valence-electron chi connectivity index (χ0n) is 11.2. The summed E-state index contributed by atoms with van der Waals surface area (Å²) in [5.41, 5.74) is 2.20. The van der Waals surface area contributed by atoms with E-state index in [2.05, 4.69) is 5.32 Å². The zero-order valence-corrected chi connectivity index (χ0v) is 12.0. The van der Waals surface area contributed by atoms with Crippen LogP contribution < -0.4 is 5.32 Å². The standard InChI is InChI=1S/C14H20N2O2S/c1-16(10-11-4-5-11)19(17,18)13-6-7-14-12(9-13)3-2-8-15-14/h6-7,9,11,15H,2-5,8,10H2,1H3. The van der Waals surface area contributed by atoms with Gasteiger partial charge in [-0.1, -0.05) is 0 Å². The molecule has 1 aromatic rings. The third-order valence-electron chi connectivity index (χ3n) is 3.94. The number of hydrogen-bond acceptors (Lipinski definition) is 3. The maximum absolute atomic E-state index is 12.5. The molecular formula is C14H20N2O2S. The van der Waals surface area contributed by atoms with Crippen molar-refractivity contribution in [3.8, 4) is 0 Å². The molecule has 3 rings (SSSR count). The summed E-state index contributed by atoms with van der Waals surface area (Å²) in [6, 6.07) is 5.45. The molecule has 1 aromatic carbocycles. The van der Waals surface area contributed by atoms with Crippen LogP contribution in [0.25, 0.3) is 0 Å². The number of nitrogens with zero attached hydrogens (tertiary/aromatic N) is 1. The minimum atomic E-state index is -3.32. The van der Waals surface area contributed by atoms with Crippen molar-refractivity contribution in [2.24, 2.45) is 5.92 Å². The highest BCUT2D eigenvalue weighted by Crippen LogP contribution is 2.32. The highest BCUT2D eigenvalue weighted by molar-refractivity contribution is 7.89. The van der Waals surface area contributed by atoms with Crippen molar-refractivity contribution in [3.05, 3.63) is 23.8 Å². The largest absolute Gasteiger partial charge is 0.385 e. The highest BCUT2D eigenvalue weighted by Gasteiger charge is 2.29. The number of hydrogen-bond donors (Lipinski definition) is 1. The third kappa shape index (κ3) is 2.62. The van der Waals surface area contributed by atoms with Gasteiger partial charge in [0.15, 0.2) is 0 Å². The first-order chi connectivity index (χ1) is 9.07. The molecule has 0 radical (unpaired) electrons. The maximum atomic E-state index is 12.5. The van der Waals surface area contributed by atoms with Crippen molar-refractivity contribution >= 4 is 15.7 Å². The summed E-state index contributed by atoms with van der Waals surface area (Å²) in [7, 11) is -1.64. The Balaban J connectivity index is 1.87. The maximum Gasteiger partial charge on any atom is 0.242 e. The van der Waals surface area contributed by atoms with Gasteiger partial charge in [-0.25, -0.2) is 12.7 Å². The van der Waals surface area contributed by atoms with Crippen LogP contribution in [-0.4, -0.2) is 32.9 Å². The van der Waals surface area contributed by atoms with E-state index < -0.39 is 10.0 Å². The first-order valence-corrected chi connectivity index (χ1v) is 8.34. The van der Waals surface area contributed by atoms with E-state index in [1.807, 2.05) is 12.1 Å². The molecule has 5 heteroatoms. The molecule has 0 saturated heterocycles. The lowest BCUT2D eigenvalue weighted by atomic mass is 10.0. The van der Waals surface area contributed by atoms with Crippen molar-refractivity contribution in [1.82, 2.24) is 4.31 Å². The van der Waals surface area contributed by atoms with Crippen LogP contribution in [0.2, 0.25) is 0 Å². The SMILES string of the molecule is CN(CC1CC1)S(=O)(=O)c1ccc2c(c1)CCCN2. The van der Waals surface area contributed by atoms with E-state index >= 15 is 0 Å². The van der Waals surface area contributed by atoms with Crippen molar-refractivity contribution in [2.45, 2.75) is 30.6 Å². The van der Waals surface area contributed by atoms with Crippen molar-refractivity contribution < 1.29 is 8.42 Å². The molecule has 19 heavy (non-hydrogen) atoms. The van der Waals surface area contributed by atoms with E-state index in [0.29, 0.717) is 17.4 Å². The van der Waals surface area contributed by atoms with Crippen LogP contribution in [0.3, 0.4) is 0 Å². The Morgan fingerprint density at radius 1 is 1.37 bits per heavy atom. The molecule has 1 heterocycles. The topological polar surface area (TPSA) is 49.4 Å². The molecule has 0 amide bonds. The van der Waals surface area contributed by atoms with E-state index in [9.17, 15) is 8.42 Å². The summed E-state index contributed by atoms with van der Waals surface area (Å²) in [6.07, 6.45) is 4.34. The van der Waals surface area contributed by atoms with Crippen LogP contribution in [0.15, 0.2) is 23.1 Å². The molecule has 1 saturated carbocycles. The van der Waals surface area contributed by atoms with E-state index in [1.54, 1.807) is 13.1 Å². The fraction of sp³-hybridized carbons (Fsp3) is 0.571. The van der Waals surface area contributed by atoms with E-state index in [-0.39, 0.29) is 0 Å². The summed E-state index contributed by atoms with van der Waals surface area (Å²) in [4.78, 5) is 0.429. The molecule has 1 aliphatic heterocycles. The lowest BCUT2D eigenvalue weighted by molar-refractivity contribution is 0.453. The van der Waals surface area contributed by atoms with Gasteiger partial charge in [0.1, 0.15) is 0 Å². The van der Waals surface area contributed by atoms with Gasteiger partial charge in [0.05, 0.1) is 4.90 Å². The number of benzene rings is 1. The number of nitrogens with one attached hydrogen (secondary N) is 1. The second-order valence-electron chi connectivity index (χ2n) is 5.58. The predicted octanol–water partition coefficient (Wildman–Crippen LogP) is 2.08. The molecule has 0 atom stereocenters. The Labute approximate surface area is 114 Å². The van der Waals surface area contributed by atoms with Gasteiger partial charge in [-0.3, -0.25) is 0 Å². The minimum Gasteiger partial charge on any atom is -0.385 e. The van der Waals surface area contributed by atoms with Crippen molar-refractivity contribution in [3.63, 3.8) is 0 Å². The molecule has 1 aliphatic carbocycles. The van der Waals surface area contributed by atoms with Gasteiger partial charge in [-0.05, 0) is 55.4 Å². The molecule has 1 N–H and O–H groups in total. The van der Waals surface area contributed by atoms with Crippen LogP contribution in [-0.2, 0) is 16.4 Å². The molecule has 0 unspecified atom stereocenters. The predicted molar refractivity (Wildman–Crippen MR) is 75.8 cm³/mol. The lowest BCUT2D eigenvalue weighted by Crippen LogP contribution is -2.29. The molecule has 0 aromatic heterocycles. The van der Waals surface area contributed by atoms with E-state index in [1.165, 1.54) is 4.31 Å². The highest BCUT2D eigenvalue weighted by atomic mass is 32.2. The number of aryl methyl sites for hydroxylation is 1. The van der Waals surface area contributed by atoms with E-state index in [4.69, 9.17) is 0 Å². The monoisotopic (exact) mass is 280 g/mol. The fourth-order valence-electron chi connectivity index (χ4n) is 2.55. The van der Waals surface area contributed by atoms with Crippen LogP contribution in [0.4, 0.5) is 5.69 Å². The molecule has 0 bridgehead atoms. The molecule has 1 fully saturated rings. The normalized spacial score (nSPS) is 19.1. The second-order valence-corrected chi connectivity index (χ2v) is 7.62. The average molecular weight is 280 g/mol. The Morgan fingerprint density at radius 3 is 2.89 bits per heavy atom. The van der Waals surface area contributed by atoms with Gasteiger partial charge in [-0.15, -0.1) is 0 Å². The van der Waals surface area contributed by atoms with Crippen LogP contribution in [0.5, 0.6) is 0 Å². The second kappa shape index (κ2) is 4.80. The quantitative estimate of drug-likeness (QED) is 0.918. The van der Waals surface area contributed by atoms with Crippen LogP contribution in [0, 0.1) is 5.92 Å². The summed E-state index contributed by atoms with van der Waals surface area (Å²) in [6.45, 7) is 1.62. The zero-order chi connectivity index (χ0) is 13.5. The lowest BCUT2D eigenvalue weighted by Gasteiger charge is -2.21. The molecule has 2 aliphatic rings. The van der Waals surface area contributed by atoms with E-state index in [0.717, 1.165) is 43.5 Å². The van der Waals surface area contributed by atoms with Gasteiger partial charge in [0, 0.05) is 25.8 Å². The summed E-state index contributed by atoms with van der Waals surface area (Å²) >= 11 is 0. The van der Waals surface area contributed by atoms with Gasteiger partial charge >= 0.3 is 0 Å². The first-order valence-electron chi connectivity index (χ1n) is 6.90. The smallest absolute Gasteiger partial charge is 0.242 e. The molecule has 4 nitrogen and oxygen atoms in total. The van der Waals surface area contributed by atoms with Gasteiger partial charge in [-0.2, -0.15) is 0 Å². The average Bonchev–Trinajstić information content (AvgIpc) is 3.22. The van der Waals surface area contributed by atoms with Crippen LogP contribution >= 0.6 is 0 Å². The summed E-state index contributed by atoms with van der Waals surface area (Å²) in [5, 5.41) is 3.30. The molecule has 0 spiro atoms. The van der Waals surface area contributed by atoms with Gasteiger partial charge in [0.25, 0.3) is 0 Å². The first kappa shape index (κ1) is 12.9. The summed E-state index contributed by atoms with van der Waals surface area (Å²) < 4.78 is 26.5. The Morgan fingerprint density at radius 2 is 2.16 bits per heavy atom. The number of rotatable bonds is 4. The summed E-state index contributed by atoms with van der Waals surface area (Å²) in [5.74, 6) is 0.569. The number of fused-ring (bicyclic) bond motifs is 1. The molecular weight excluding hydrogens is 260 g/mol. The number of sulfonamides is 1. The van der Waals surface area contributed by atoms with Crippen LogP contribution in [0.1, 0.15) is 24.8 Å².